The fourth-order valence-corrected chi connectivity index (χ4v) is 4.78. The summed E-state index contributed by atoms with van der Waals surface area (Å²) in [6.45, 7) is 5.62. The molecule has 1 N–H and O–H groups in total. The SMILES string of the molecule is CC1CCN(c2ccc(C(=O)N3C4CCNCC3CC4)cc2[N+](=O)[O-])CC1. The number of amides is 1. The average Bonchev–Trinajstić information content (AvgIpc) is 2.94. The van der Waals surface area contributed by atoms with Gasteiger partial charge < -0.3 is 15.1 Å². The van der Waals surface area contributed by atoms with Crippen molar-refractivity contribution in [2.75, 3.05) is 31.1 Å². The number of nitrogens with one attached hydrogen (secondary N) is 1. The third-order valence-corrected chi connectivity index (χ3v) is 6.43. The number of rotatable bonds is 3. The van der Waals surface area contributed by atoms with Gasteiger partial charge in [-0.05, 0) is 56.7 Å². The molecule has 2 bridgehead atoms. The molecule has 2 unspecified atom stereocenters. The lowest BCUT2D eigenvalue weighted by molar-refractivity contribution is -0.384. The van der Waals surface area contributed by atoms with Crippen LogP contribution in [0.5, 0.6) is 0 Å². The Hall–Kier alpha value is -2.15. The van der Waals surface area contributed by atoms with Crippen LogP contribution in [0.4, 0.5) is 11.4 Å². The van der Waals surface area contributed by atoms with Crippen LogP contribution < -0.4 is 10.2 Å². The van der Waals surface area contributed by atoms with Gasteiger partial charge in [-0.2, -0.15) is 0 Å². The predicted molar refractivity (Wildman–Crippen MR) is 104 cm³/mol. The summed E-state index contributed by atoms with van der Waals surface area (Å²) in [5, 5.41) is 15.1. The third kappa shape index (κ3) is 3.52. The zero-order chi connectivity index (χ0) is 19.0. The summed E-state index contributed by atoms with van der Waals surface area (Å²) in [5.74, 6) is 0.599. The summed E-state index contributed by atoms with van der Waals surface area (Å²) in [4.78, 5) is 28.6. The molecule has 27 heavy (non-hydrogen) atoms. The number of hydrogen-bond donors (Lipinski definition) is 1. The highest BCUT2D eigenvalue weighted by Gasteiger charge is 2.39. The van der Waals surface area contributed by atoms with Gasteiger partial charge in [0.2, 0.25) is 0 Å². The Morgan fingerprint density at radius 3 is 2.63 bits per heavy atom. The molecule has 0 radical (unpaired) electrons. The Labute approximate surface area is 159 Å². The van der Waals surface area contributed by atoms with Crippen LogP contribution in [0.1, 0.15) is 49.4 Å². The summed E-state index contributed by atoms with van der Waals surface area (Å²) in [6.07, 6.45) is 5.08. The maximum absolute atomic E-state index is 13.2. The zero-order valence-corrected chi connectivity index (χ0v) is 15.9. The molecule has 3 aliphatic rings. The van der Waals surface area contributed by atoms with E-state index in [4.69, 9.17) is 0 Å². The van der Waals surface area contributed by atoms with E-state index in [1.165, 1.54) is 6.07 Å². The lowest BCUT2D eigenvalue weighted by Crippen LogP contribution is -2.42. The van der Waals surface area contributed by atoms with Gasteiger partial charge in [-0.3, -0.25) is 14.9 Å². The first-order valence-corrected chi connectivity index (χ1v) is 10.1. The Morgan fingerprint density at radius 2 is 1.89 bits per heavy atom. The molecule has 2 atom stereocenters. The fourth-order valence-electron chi connectivity index (χ4n) is 4.78. The number of carbonyl (C=O) groups excluding carboxylic acids is 1. The van der Waals surface area contributed by atoms with Gasteiger partial charge in [-0.15, -0.1) is 0 Å². The first kappa shape index (κ1) is 18.2. The first-order chi connectivity index (χ1) is 13.0. The van der Waals surface area contributed by atoms with Crippen molar-refractivity contribution in [1.82, 2.24) is 10.2 Å². The van der Waals surface area contributed by atoms with Crippen molar-refractivity contribution in [3.8, 4) is 0 Å². The second-order valence-corrected chi connectivity index (χ2v) is 8.22. The highest BCUT2D eigenvalue weighted by atomic mass is 16.6. The molecule has 3 saturated heterocycles. The number of fused-ring (bicyclic) bond motifs is 2. The highest BCUT2D eigenvalue weighted by molar-refractivity contribution is 5.96. The zero-order valence-electron chi connectivity index (χ0n) is 15.9. The molecule has 0 aliphatic carbocycles. The smallest absolute Gasteiger partial charge is 0.293 e. The van der Waals surface area contributed by atoms with E-state index in [0.29, 0.717) is 17.2 Å². The van der Waals surface area contributed by atoms with Gasteiger partial charge in [0, 0.05) is 43.3 Å². The molecule has 4 rings (SSSR count). The lowest BCUT2D eigenvalue weighted by Gasteiger charge is -2.32. The number of carbonyl (C=O) groups is 1. The molecule has 0 aromatic heterocycles. The van der Waals surface area contributed by atoms with E-state index in [0.717, 1.165) is 58.3 Å². The van der Waals surface area contributed by atoms with E-state index in [9.17, 15) is 14.9 Å². The van der Waals surface area contributed by atoms with Crippen LogP contribution in [0.25, 0.3) is 0 Å². The van der Waals surface area contributed by atoms with Gasteiger partial charge in [0.15, 0.2) is 0 Å². The standard InChI is InChI=1S/C20H28N4O3/c1-14-7-10-22(11-8-14)18-5-2-15(12-19(18)24(26)27)20(25)23-16-3-4-17(23)13-21-9-6-16/h2,5,12,14,16-17,21H,3-4,6-11,13H2,1H3. The Morgan fingerprint density at radius 1 is 1.15 bits per heavy atom. The maximum Gasteiger partial charge on any atom is 0.293 e. The van der Waals surface area contributed by atoms with Crippen LogP contribution in [0, 0.1) is 16.0 Å². The molecule has 7 nitrogen and oxygen atoms in total. The molecule has 146 valence electrons. The summed E-state index contributed by atoms with van der Waals surface area (Å²) in [5.41, 5.74) is 1.13. The van der Waals surface area contributed by atoms with E-state index in [1.54, 1.807) is 12.1 Å². The van der Waals surface area contributed by atoms with E-state index >= 15 is 0 Å². The molecular formula is C20H28N4O3. The van der Waals surface area contributed by atoms with E-state index < -0.39 is 0 Å². The minimum Gasteiger partial charge on any atom is -0.366 e. The van der Waals surface area contributed by atoms with E-state index in [1.807, 2.05) is 4.90 Å². The van der Waals surface area contributed by atoms with Crippen molar-refractivity contribution >= 4 is 17.3 Å². The second kappa shape index (κ2) is 7.46. The van der Waals surface area contributed by atoms with Crippen LogP contribution >= 0.6 is 0 Å². The molecule has 3 aliphatic heterocycles. The van der Waals surface area contributed by atoms with Crippen molar-refractivity contribution in [2.24, 2.45) is 5.92 Å². The Balaban J connectivity index is 1.61. The molecule has 1 aromatic rings. The van der Waals surface area contributed by atoms with Gasteiger partial charge in [0.05, 0.1) is 4.92 Å². The summed E-state index contributed by atoms with van der Waals surface area (Å²) >= 11 is 0. The van der Waals surface area contributed by atoms with Crippen LogP contribution in [0.3, 0.4) is 0 Å². The number of hydrogen-bond acceptors (Lipinski definition) is 5. The summed E-state index contributed by atoms with van der Waals surface area (Å²) < 4.78 is 0. The molecule has 1 amide bonds. The number of nitro groups is 1. The molecule has 1 aromatic carbocycles. The first-order valence-electron chi connectivity index (χ1n) is 10.1. The van der Waals surface area contributed by atoms with Crippen molar-refractivity contribution < 1.29 is 9.72 Å². The van der Waals surface area contributed by atoms with Gasteiger partial charge in [0.25, 0.3) is 11.6 Å². The number of nitrogens with zero attached hydrogens (tertiary/aromatic N) is 3. The van der Waals surface area contributed by atoms with Crippen LogP contribution in [-0.4, -0.2) is 54.0 Å². The summed E-state index contributed by atoms with van der Waals surface area (Å²) in [7, 11) is 0. The maximum atomic E-state index is 13.2. The Bertz CT molecular complexity index is 716. The highest BCUT2D eigenvalue weighted by Crippen LogP contribution is 2.34. The topological polar surface area (TPSA) is 78.7 Å². The minimum atomic E-state index is -0.345. The number of piperidine rings is 1. The average molecular weight is 372 g/mol. The number of nitro benzene ring substituents is 1. The second-order valence-electron chi connectivity index (χ2n) is 8.22. The van der Waals surface area contributed by atoms with Crippen LogP contribution in [0.15, 0.2) is 18.2 Å². The Kier molecular flexibility index (Phi) is 5.04. The number of benzene rings is 1. The van der Waals surface area contributed by atoms with Gasteiger partial charge >= 0.3 is 0 Å². The van der Waals surface area contributed by atoms with E-state index in [-0.39, 0.29) is 28.6 Å². The van der Waals surface area contributed by atoms with Crippen molar-refractivity contribution in [2.45, 2.75) is 51.1 Å². The normalized spacial score (nSPS) is 26.1. The quantitative estimate of drug-likeness (QED) is 0.652. The molecule has 3 heterocycles. The van der Waals surface area contributed by atoms with Crippen molar-refractivity contribution in [1.29, 1.82) is 0 Å². The molecule has 0 spiro atoms. The third-order valence-electron chi connectivity index (χ3n) is 6.43. The lowest BCUT2D eigenvalue weighted by atomic mass is 9.98. The molecule has 7 heteroatoms. The largest absolute Gasteiger partial charge is 0.366 e. The van der Waals surface area contributed by atoms with Gasteiger partial charge in [-0.25, -0.2) is 0 Å². The summed E-state index contributed by atoms with van der Waals surface area (Å²) in [6, 6.07) is 5.50. The van der Waals surface area contributed by atoms with Gasteiger partial charge in [-0.1, -0.05) is 6.92 Å². The fraction of sp³-hybridized carbons (Fsp3) is 0.650. The number of anilines is 1. The van der Waals surface area contributed by atoms with Crippen LogP contribution in [0.2, 0.25) is 0 Å². The van der Waals surface area contributed by atoms with Crippen molar-refractivity contribution in [3.05, 3.63) is 33.9 Å². The minimum absolute atomic E-state index is 0.0516. The van der Waals surface area contributed by atoms with Crippen molar-refractivity contribution in [3.63, 3.8) is 0 Å². The molecular weight excluding hydrogens is 344 g/mol. The monoisotopic (exact) mass is 372 g/mol. The van der Waals surface area contributed by atoms with Gasteiger partial charge in [0.1, 0.15) is 5.69 Å². The molecule has 3 fully saturated rings. The van der Waals surface area contributed by atoms with E-state index in [2.05, 4.69) is 17.1 Å². The van der Waals surface area contributed by atoms with Crippen LogP contribution in [-0.2, 0) is 0 Å². The predicted octanol–water partition coefficient (Wildman–Crippen LogP) is 2.80. The molecule has 0 saturated carbocycles.